The molecular weight excluding hydrogens is 399 g/mol. The number of nitrogens with zero attached hydrogens (tertiary/aromatic N) is 3. The molecule has 0 amide bonds. The number of fused-ring (bicyclic) bond motifs is 1. The van der Waals surface area contributed by atoms with E-state index < -0.39 is 39.4 Å². The Morgan fingerprint density at radius 1 is 1.32 bits per heavy atom. The van der Waals surface area contributed by atoms with Gasteiger partial charge in [-0.25, -0.2) is 31.6 Å². The third-order valence-electron chi connectivity index (χ3n) is 4.89. The minimum atomic E-state index is -4.08. The van der Waals surface area contributed by atoms with Crippen molar-refractivity contribution < 1.29 is 31.5 Å². The monoisotopic (exact) mass is 413 g/mol. The number of hydrogen-bond acceptors (Lipinski definition) is 4. The van der Waals surface area contributed by atoms with Crippen molar-refractivity contribution in [3.63, 3.8) is 0 Å². The number of aromatic carboxylic acids is 1. The van der Waals surface area contributed by atoms with Gasteiger partial charge in [-0.2, -0.15) is 8.42 Å². The zero-order chi connectivity index (χ0) is 20.4. The van der Waals surface area contributed by atoms with Crippen LogP contribution in [0.15, 0.2) is 30.3 Å². The number of anilines is 2. The highest BCUT2D eigenvalue weighted by Gasteiger charge is 2.59. The molecule has 1 unspecified atom stereocenters. The van der Waals surface area contributed by atoms with Crippen molar-refractivity contribution in [2.45, 2.75) is 12.3 Å². The summed E-state index contributed by atoms with van der Waals surface area (Å²) in [5, 5.41) is 9.05. The summed E-state index contributed by atoms with van der Waals surface area (Å²) in [6.45, 7) is -0.378. The molecule has 1 aliphatic heterocycles. The Bertz CT molecular complexity index is 1110. The molecule has 4 rings (SSSR count). The summed E-state index contributed by atoms with van der Waals surface area (Å²) < 4.78 is 67.9. The van der Waals surface area contributed by atoms with E-state index in [1.807, 2.05) is 0 Å². The maximum absolute atomic E-state index is 14.5. The summed E-state index contributed by atoms with van der Waals surface area (Å²) in [5.41, 5.74) is -0.511. The number of carbonyl (C=O) groups is 1. The Kier molecular flexibility index (Phi) is 3.86. The summed E-state index contributed by atoms with van der Waals surface area (Å²) in [6.07, 6.45) is -0.378. The number of aromatic nitrogens is 1. The Balaban J connectivity index is 1.77. The van der Waals surface area contributed by atoms with Crippen molar-refractivity contribution in [3.05, 3.63) is 41.7 Å². The summed E-state index contributed by atoms with van der Waals surface area (Å²) >= 11 is 0. The van der Waals surface area contributed by atoms with Crippen molar-refractivity contribution >= 4 is 27.7 Å². The predicted octanol–water partition coefficient (Wildman–Crippen LogP) is 2.74. The Morgan fingerprint density at radius 3 is 2.61 bits per heavy atom. The maximum Gasteiger partial charge on any atom is 0.338 e. The molecule has 28 heavy (non-hydrogen) atoms. The highest BCUT2D eigenvalue weighted by molar-refractivity contribution is 7.94. The smallest absolute Gasteiger partial charge is 0.338 e. The van der Waals surface area contributed by atoms with Gasteiger partial charge in [-0.15, -0.1) is 0 Å². The van der Waals surface area contributed by atoms with Crippen molar-refractivity contribution in [1.82, 2.24) is 4.98 Å². The molecule has 0 saturated heterocycles. The van der Waals surface area contributed by atoms with Gasteiger partial charge in [0.1, 0.15) is 5.82 Å². The SMILES string of the molecule is CN1c2nc(-c3cccc(C(=O)O)c3F)ccc2N(CC2CC2(F)F)S1(=O)=O. The molecular formula is C17H14F3N3O4S. The zero-order valence-electron chi connectivity index (χ0n) is 14.4. The molecule has 0 bridgehead atoms. The molecule has 1 fully saturated rings. The van der Waals surface area contributed by atoms with Crippen LogP contribution in [0.1, 0.15) is 16.8 Å². The highest BCUT2D eigenvalue weighted by Crippen LogP contribution is 2.51. The average molecular weight is 413 g/mol. The molecule has 148 valence electrons. The fraction of sp³-hybridized carbons (Fsp3) is 0.294. The van der Waals surface area contributed by atoms with Crippen LogP contribution in [0, 0.1) is 11.7 Å². The fourth-order valence-corrected chi connectivity index (χ4v) is 4.56. The lowest BCUT2D eigenvalue weighted by Gasteiger charge is -2.18. The molecule has 1 aromatic heterocycles. The number of benzene rings is 1. The second kappa shape index (κ2) is 5.84. The van der Waals surface area contributed by atoms with Crippen LogP contribution < -0.4 is 8.61 Å². The first-order valence-electron chi connectivity index (χ1n) is 8.21. The van der Waals surface area contributed by atoms with E-state index in [0.29, 0.717) is 0 Å². The van der Waals surface area contributed by atoms with E-state index in [4.69, 9.17) is 5.11 Å². The van der Waals surface area contributed by atoms with E-state index in [2.05, 4.69) is 4.98 Å². The molecule has 0 radical (unpaired) electrons. The summed E-state index contributed by atoms with van der Waals surface area (Å²) in [6, 6.07) is 6.45. The molecule has 1 aromatic carbocycles. The minimum absolute atomic E-state index is 0.0278. The van der Waals surface area contributed by atoms with Gasteiger partial charge in [-0.1, -0.05) is 6.07 Å². The molecule has 7 nitrogen and oxygen atoms in total. The Morgan fingerprint density at radius 2 is 2.00 bits per heavy atom. The quantitative estimate of drug-likeness (QED) is 0.833. The van der Waals surface area contributed by atoms with Crippen molar-refractivity contribution in [2.75, 3.05) is 22.2 Å². The number of carboxylic acids is 1. The number of carboxylic acid groups (broad SMARTS) is 1. The van der Waals surface area contributed by atoms with Gasteiger partial charge in [0.25, 0.3) is 5.92 Å². The first kappa shape index (κ1) is 18.5. The minimum Gasteiger partial charge on any atom is -0.478 e. The molecule has 1 saturated carbocycles. The third kappa shape index (κ3) is 2.68. The number of alkyl halides is 2. The van der Waals surface area contributed by atoms with Crippen LogP contribution in [-0.4, -0.2) is 44.0 Å². The van der Waals surface area contributed by atoms with Crippen molar-refractivity contribution in [3.8, 4) is 11.3 Å². The van der Waals surface area contributed by atoms with Crippen LogP contribution in [0.2, 0.25) is 0 Å². The van der Waals surface area contributed by atoms with Gasteiger partial charge in [0.2, 0.25) is 0 Å². The number of hydrogen-bond donors (Lipinski definition) is 1. The number of halogens is 3. The van der Waals surface area contributed by atoms with Crippen molar-refractivity contribution in [1.29, 1.82) is 0 Å². The second-order valence-electron chi connectivity index (χ2n) is 6.68. The van der Waals surface area contributed by atoms with Gasteiger partial charge in [-0.05, 0) is 24.3 Å². The van der Waals surface area contributed by atoms with E-state index in [9.17, 15) is 26.4 Å². The molecule has 1 aliphatic carbocycles. The van der Waals surface area contributed by atoms with E-state index >= 15 is 0 Å². The normalized spacial score (nSPS) is 21.5. The molecule has 2 aromatic rings. The van der Waals surface area contributed by atoms with Crippen LogP contribution in [0.3, 0.4) is 0 Å². The Hall–Kier alpha value is -2.82. The van der Waals surface area contributed by atoms with Gasteiger partial charge in [-0.3, -0.25) is 0 Å². The standard InChI is InChI=1S/C17H14F3N3O4S/c1-22-15-13(23(28(22,26)27)8-9-7-17(9,19)20)6-5-12(21-15)10-3-2-4-11(14(10)18)16(24)25/h2-6,9H,7-8H2,1H3,(H,24,25). The van der Waals surface area contributed by atoms with Crippen LogP contribution >= 0.6 is 0 Å². The topological polar surface area (TPSA) is 90.8 Å². The molecule has 2 aliphatic rings. The first-order chi connectivity index (χ1) is 13.0. The van der Waals surface area contributed by atoms with Crippen LogP contribution in [0.5, 0.6) is 0 Å². The maximum atomic E-state index is 14.5. The number of rotatable bonds is 4. The van der Waals surface area contributed by atoms with Gasteiger partial charge in [0, 0.05) is 31.5 Å². The lowest BCUT2D eigenvalue weighted by molar-refractivity contribution is 0.0691. The van der Waals surface area contributed by atoms with Gasteiger partial charge in [0.05, 0.1) is 16.9 Å². The molecule has 2 heterocycles. The summed E-state index contributed by atoms with van der Waals surface area (Å²) in [4.78, 5) is 15.3. The lowest BCUT2D eigenvalue weighted by atomic mass is 10.1. The third-order valence-corrected chi connectivity index (χ3v) is 6.66. The van der Waals surface area contributed by atoms with Crippen LogP contribution in [0.4, 0.5) is 24.7 Å². The predicted molar refractivity (Wildman–Crippen MR) is 94.3 cm³/mol. The molecule has 1 atom stereocenters. The van der Waals surface area contributed by atoms with E-state index in [-0.39, 0.29) is 35.7 Å². The van der Waals surface area contributed by atoms with Gasteiger partial charge in [0.15, 0.2) is 5.82 Å². The molecule has 1 N–H and O–H groups in total. The van der Waals surface area contributed by atoms with E-state index in [1.165, 1.54) is 31.3 Å². The van der Waals surface area contributed by atoms with Crippen LogP contribution in [-0.2, 0) is 10.2 Å². The lowest BCUT2D eigenvalue weighted by Crippen LogP contribution is -2.37. The largest absolute Gasteiger partial charge is 0.478 e. The van der Waals surface area contributed by atoms with E-state index in [0.717, 1.165) is 14.7 Å². The number of pyridine rings is 1. The zero-order valence-corrected chi connectivity index (χ0v) is 15.3. The summed E-state index contributed by atoms with van der Waals surface area (Å²) in [7, 11) is -2.86. The van der Waals surface area contributed by atoms with Gasteiger partial charge < -0.3 is 5.11 Å². The molecule has 11 heteroatoms. The first-order valence-corrected chi connectivity index (χ1v) is 9.61. The van der Waals surface area contributed by atoms with Crippen LogP contribution in [0.25, 0.3) is 11.3 Å². The van der Waals surface area contributed by atoms with Crippen molar-refractivity contribution in [2.24, 2.45) is 5.92 Å². The molecule has 0 spiro atoms. The Labute approximate surface area is 158 Å². The fourth-order valence-electron chi connectivity index (χ4n) is 3.15. The second-order valence-corrected chi connectivity index (χ2v) is 8.56. The highest BCUT2D eigenvalue weighted by atomic mass is 32.2. The average Bonchev–Trinajstić information content (AvgIpc) is 3.19. The summed E-state index contributed by atoms with van der Waals surface area (Å²) in [5.74, 6) is -6.44. The van der Waals surface area contributed by atoms with Gasteiger partial charge >= 0.3 is 16.2 Å². The van der Waals surface area contributed by atoms with E-state index in [1.54, 1.807) is 0 Å².